The number of carbonyl (C=O) groups is 2. The Hall–Kier alpha value is -1.64. The van der Waals surface area contributed by atoms with Crippen molar-refractivity contribution in [2.45, 2.75) is 65.2 Å². The molecule has 4 rings (SSSR count). The zero-order chi connectivity index (χ0) is 17.1. The van der Waals surface area contributed by atoms with Crippen LogP contribution in [0.2, 0.25) is 0 Å². The minimum Gasteiger partial charge on any atom is -0.426 e. The Labute approximate surface area is 143 Å². The summed E-state index contributed by atoms with van der Waals surface area (Å²) in [7, 11) is 0. The summed E-state index contributed by atoms with van der Waals surface area (Å²) in [6.07, 6.45) is 6.01. The number of benzene rings is 1. The summed E-state index contributed by atoms with van der Waals surface area (Å²) < 4.78 is 5.57. The molecule has 0 bridgehead atoms. The number of ether oxygens (including phenoxy) is 1. The van der Waals surface area contributed by atoms with Crippen LogP contribution in [0.4, 0.5) is 0 Å². The van der Waals surface area contributed by atoms with E-state index in [4.69, 9.17) is 4.74 Å². The maximum absolute atomic E-state index is 12.4. The van der Waals surface area contributed by atoms with Crippen molar-refractivity contribution in [1.29, 1.82) is 0 Å². The van der Waals surface area contributed by atoms with E-state index in [-0.39, 0.29) is 11.4 Å². The summed E-state index contributed by atoms with van der Waals surface area (Å²) in [6, 6.07) is 4.04. The van der Waals surface area contributed by atoms with Crippen molar-refractivity contribution in [3.05, 3.63) is 28.8 Å². The fourth-order valence-corrected chi connectivity index (χ4v) is 5.86. The molecule has 3 nitrogen and oxygen atoms in total. The topological polar surface area (TPSA) is 43.4 Å². The Kier molecular flexibility index (Phi) is 3.59. The van der Waals surface area contributed by atoms with Crippen LogP contribution in [0.15, 0.2) is 12.1 Å². The van der Waals surface area contributed by atoms with Gasteiger partial charge in [-0.2, -0.15) is 0 Å². The Morgan fingerprint density at radius 2 is 2.00 bits per heavy atom. The van der Waals surface area contributed by atoms with Crippen LogP contribution < -0.4 is 4.74 Å². The van der Waals surface area contributed by atoms with Crippen molar-refractivity contribution < 1.29 is 14.3 Å². The van der Waals surface area contributed by atoms with Gasteiger partial charge < -0.3 is 4.74 Å². The number of esters is 1. The van der Waals surface area contributed by atoms with Gasteiger partial charge in [0, 0.05) is 24.3 Å². The second-order valence-corrected chi connectivity index (χ2v) is 8.20. The van der Waals surface area contributed by atoms with Gasteiger partial charge in [-0.1, -0.05) is 13.0 Å². The second-order valence-electron chi connectivity index (χ2n) is 8.20. The largest absolute Gasteiger partial charge is 0.426 e. The number of Topliss-reactive ketones (excluding diaryl/α,β-unsaturated/α-hetero) is 1. The van der Waals surface area contributed by atoms with Crippen LogP contribution in [0.5, 0.6) is 5.75 Å². The van der Waals surface area contributed by atoms with Crippen LogP contribution in [-0.4, -0.2) is 11.8 Å². The average molecular weight is 326 g/mol. The predicted octanol–water partition coefficient (Wildman–Crippen LogP) is 4.35. The van der Waals surface area contributed by atoms with Crippen molar-refractivity contribution in [2.24, 2.45) is 17.3 Å². The lowest BCUT2D eigenvalue weighted by molar-refractivity contribution is -0.132. The van der Waals surface area contributed by atoms with Gasteiger partial charge in [0.1, 0.15) is 11.5 Å². The standard InChI is InChI=1S/C21H26O3/c1-12-4-8-18(24-13(2)22)20-14(12)5-6-15-16(20)10-11-21(3)17(15)7-9-19(21)23/h4,8,15-17H,5-7,9-11H2,1-3H3/t15?,16?,17?,21-/m0/s1. The minimum absolute atomic E-state index is 0.107. The summed E-state index contributed by atoms with van der Waals surface area (Å²) >= 11 is 0. The molecule has 0 aromatic heterocycles. The van der Waals surface area contributed by atoms with Crippen molar-refractivity contribution in [2.75, 3.05) is 0 Å². The summed E-state index contributed by atoms with van der Waals surface area (Å²) in [5.41, 5.74) is 3.84. The average Bonchev–Trinajstić information content (AvgIpc) is 2.85. The highest BCUT2D eigenvalue weighted by Gasteiger charge is 2.55. The molecule has 0 heterocycles. The van der Waals surface area contributed by atoms with E-state index in [2.05, 4.69) is 19.9 Å². The van der Waals surface area contributed by atoms with Crippen LogP contribution in [0, 0.1) is 24.2 Å². The third-order valence-corrected chi connectivity index (χ3v) is 7.05. The highest BCUT2D eigenvalue weighted by atomic mass is 16.5. The third kappa shape index (κ3) is 2.17. The molecule has 0 saturated heterocycles. The van der Waals surface area contributed by atoms with Crippen LogP contribution in [0.25, 0.3) is 0 Å². The molecule has 3 aliphatic carbocycles. The Morgan fingerprint density at radius 3 is 2.75 bits per heavy atom. The van der Waals surface area contributed by atoms with Gasteiger partial charge in [-0.25, -0.2) is 0 Å². The van der Waals surface area contributed by atoms with Gasteiger partial charge in [0.15, 0.2) is 0 Å². The first kappa shape index (κ1) is 15.9. The number of rotatable bonds is 1. The molecule has 1 aromatic rings. The molecule has 3 aliphatic rings. The maximum Gasteiger partial charge on any atom is 0.308 e. The number of aryl methyl sites for hydroxylation is 1. The van der Waals surface area contributed by atoms with Crippen molar-refractivity contribution in [3.8, 4) is 5.75 Å². The quantitative estimate of drug-likeness (QED) is 0.569. The monoisotopic (exact) mass is 326 g/mol. The molecule has 3 unspecified atom stereocenters. The SMILES string of the molecule is CC(=O)Oc1ccc(C)c2c1C1CC[C@]3(C)C(=O)CCC3C1CC2. The molecule has 2 fully saturated rings. The first-order chi connectivity index (χ1) is 11.4. The normalized spacial score (nSPS) is 34.3. The first-order valence-electron chi connectivity index (χ1n) is 9.26. The van der Waals surface area contributed by atoms with Crippen LogP contribution >= 0.6 is 0 Å². The van der Waals surface area contributed by atoms with E-state index < -0.39 is 0 Å². The van der Waals surface area contributed by atoms with Gasteiger partial charge >= 0.3 is 5.97 Å². The van der Waals surface area contributed by atoms with Gasteiger partial charge in [-0.05, 0) is 74.0 Å². The number of hydrogen-bond acceptors (Lipinski definition) is 3. The molecular formula is C21H26O3. The Bertz CT molecular complexity index is 720. The number of carbonyl (C=O) groups excluding carboxylic acids is 2. The van der Waals surface area contributed by atoms with Crippen LogP contribution in [0.1, 0.15) is 68.6 Å². The fraction of sp³-hybridized carbons (Fsp3) is 0.619. The Morgan fingerprint density at radius 1 is 1.21 bits per heavy atom. The summed E-state index contributed by atoms with van der Waals surface area (Å²) in [5, 5.41) is 0. The number of fused-ring (bicyclic) bond motifs is 5. The summed E-state index contributed by atoms with van der Waals surface area (Å²) in [4.78, 5) is 24.0. The number of hydrogen-bond donors (Lipinski definition) is 0. The lowest BCUT2D eigenvalue weighted by Crippen LogP contribution is -2.42. The molecule has 1 aromatic carbocycles. The van der Waals surface area contributed by atoms with E-state index in [1.807, 2.05) is 6.07 Å². The van der Waals surface area contributed by atoms with Gasteiger partial charge in [-0.3, -0.25) is 9.59 Å². The van der Waals surface area contributed by atoms with Crippen molar-refractivity contribution >= 4 is 11.8 Å². The van der Waals surface area contributed by atoms with E-state index in [0.29, 0.717) is 23.5 Å². The molecule has 0 amide bonds. The van der Waals surface area contributed by atoms with E-state index in [1.165, 1.54) is 23.6 Å². The zero-order valence-corrected chi connectivity index (χ0v) is 14.9. The number of ketones is 1. The molecule has 0 N–H and O–H groups in total. The lowest BCUT2D eigenvalue weighted by atomic mass is 9.55. The van der Waals surface area contributed by atoms with E-state index >= 15 is 0 Å². The highest BCUT2D eigenvalue weighted by molar-refractivity contribution is 5.87. The molecule has 2 saturated carbocycles. The zero-order valence-electron chi connectivity index (χ0n) is 14.9. The maximum atomic E-state index is 12.4. The Balaban J connectivity index is 1.78. The van der Waals surface area contributed by atoms with Crippen molar-refractivity contribution in [3.63, 3.8) is 0 Å². The molecule has 3 heteroatoms. The van der Waals surface area contributed by atoms with E-state index in [0.717, 1.165) is 44.3 Å². The molecular weight excluding hydrogens is 300 g/mol. The van der Waals surface area contributed by atoms with E-state index in [9.17, 15) is 9.59 Å². The van der Waals surface area contributed by atoms with Gasteiger partial charge in [0.2, 0.25) is 0 Å². The molecule has 0 spiro atoms. The van der Waals surface area contributed by atoms with Crippen LogP contribution in [-0.2, 0) is 16.0 Å². The second kappa shape index (κ2) is 5.44. The molecule has 4 atom stereocenters. The van der Waals surface area contributed by atoms with Gasteiger partial charge in [-0.15, -0.1) is 0 Å². The molecule has 0 radical (unpaired) electrons. The molecule has 0 aliphatic heterocycles. The van der Waals surface area contributed by atoms with Gasteiger partial charge in [0.25, 0.3) is 0 Å². The first-order valence-corrected chi connectivity index (χ1v) is 9.26. The fourth-order valence-electron chi connectivity index (χ4n) is 5.86. The third-order valence-electron chi connectivity index (χ3n) is 7.05. The minimum atomic E-state index is -0.250. The highest BCUT2D eigenvalue weighted by Crippen LogP contribution is 2.60. The molecule has 128 valence electrons. The summed E-state index contributed by atoms with van der Waals surface area (Å²) in [5.74, 6) is 2.47. The van der Waals surface area contributed by atoms with Crippen LogP contribution in [0.3, 0.4) is 0 Å². The smallest absolute Gasteiger partial charge is 0.308 e. The van der Waals surface area contributed by atoms with Gasteiger partial charge in [0.05, 0.1) is 0 Å². The van der Waals surface area contributed by atoms with Crippen molar-refractivity contribution in [1.82, 2.24) is 0 Å². The van der Waals surface area contributed by atoms with E-state index in [1.54, 1.807) is 0 Å². The predicted molar refractivity (Wildman–Crippen MR) is 92.1 cm³/mol. The molecule has 24 heavy (non-hydrogen) atoms. The lowest BCUT2D eigenvalue weighted by Gasteiger charge is -2.48. The summed E-state index contributed by atoms with van der Waals surface area (Å²) in [6.45, 7) is 5.82.